The van der Waals surface area contributed by atoms with Crippen LogP contribution in [0.15, 0.2) is 22.8 Å². The van der Waals surface area contributed by atoms with Gasteiger partial charge in [-0.3, -0.25) is 4.79 Å². The van der Waals surface area contributed by atoms with E-state index in [2.05, 4.69) is 27.0 Å². The molecule has 2 rings (SSSR count). The maximum Gasteiger partial charge on any atom is 0.309 e. The number of imidazole rings is 1. The number of benzene rings is 1. The van der Waals surface area contributed by atoms with E-state index in [0.29, 0.717) is 10.3 Å². The van der Waals surface area contributed by atoms with Crippen LogP contribution >= 0.6 is 15.9 Å². The van der Waals surface area contributed by atoms with Crippen molar-refractivity contribution in [2.45, 2.75) is 20.3 Å². The summed E-state index contributed by atoms with van der Waals surface area (Å²) >= 11 is 3.34. The van der Waals surface area contributed by atoms with Crippen molar-refractivity contribution in [1.82, 2.24) is 9.55 Å². The van der Waals surface area contributed by atoms with Crippen LogP contribution in [-0.2, 0) is 18.3 Å². The van der Waals surface area contributed by atoms with E-state index in [1.807, 2.05) is 37.6 Å². The van der Waals surface area contributed by atoms with E-state index in [0.717, 1.165) is 17.0 Å². The lowest BCUT2D eigenvalue weighted by Gasteiger charge is -2.08. The summed E-state index contributed by atoms with van der Waals surface area (Å²) in [7, 11) is 1.84. The van der Waals surface area contributed by atoms with E-state index >= 15 is 0 Å². The lowest BCUT2D eigenvalue weighted by atomic mass is 10.1. The molecule has 0 saturated heterocycles. The molecule has 1 N–H and O–H groups in total. The Morgan fingerprint density at radius 1 is 1.42 bits per heavy atom. The Kier molecular flexibility index (Phi) is 3.75. The van der Waals surface area contributed by atoms with Crippen LogP contribution in [0.3, 0.4) is 0 Å². The predicted octanol–water partition coefficient (Wildman–Crippen LogP) is 3.09. The molecule has 5 heteroatoms. The van der Waals surface area contributed by atoms with Crippen LogP contribution in [0.1, 0.15) is 16.8 Å². The van der Waals surface area contributed by atoms with Gasteiger partial charge in [0.1, 0.15) is 10.4 Å². The van der Waals surface area contributed by atoms with E-state index in [1.165, 1.54) is 5.56 Å². The number of aliphatic carboxylic acids is 1. The highest BCUT2D eigenvalue weighted by molar-refractivity contribution is 9.10. The fraction of sp³-hybridized carbons (Fsp3) is 0.286. The first-order valence-corrected chi connectivity index (χ1v) is 6.70. The number of aromatic nitrogens is 2. The van der Waals surface area contributed by atoms with Gasteiger partial charge in [0.05, 0.1) is 12.1 Å². The molecule has 0 unspecified atom stereocenters. The minimum absolute atomic E-state index is 0.0466. The molecule has 0 aliphatic heterocycles. The molecule has 1 aromatic carbocycles. The highest BCUT2D eigenvalue weighted by atomic mass is 79.9. The summed E-state index contributed by atoms with van der Waals surface area (Å²) in [6, 6.07) is 6.14. The summed E-state index contributed by atoms with van der Waals surface area (Å²) in [5, 5.41) is 8.92. The molecule has 0 fully saturated rings. The maximum absolute atomic E-state index is 10.9. The number of rotatable bonds is 3. The van der Waals surface area contributed by atoms with Crippen LogP contribution < -0.4 is 0 Å². The van der Waals surface area contributed by atoms with Gasteiger partial charge in [0.15, 0.2) is 0 Å². The van der Waals surface area contributed by atoms with Gasteiger partial charge in [-0.25, -0.2) is 4.98 Å². The first-order chi connectivity index (χ1) is 8.90. The Morgan fingerprint density at radius 2 is 2.11 bits per heavy atom. The van der Waals surface area contributed by atoms with E-state index in [-0.39, 0.29) is 6.42 Å². The van der Waals surface area contributed by atoms with Crippen LogP contribution in [-0.4, -0.2) is 20.6 Å². The van der Waals surface area contributed by atoms with Crippen LogP contribution in [0.25, 0.3) is 11.4 Å². The molecular formula is C14H15BrN2O2. The quantitative estimate of drug-likeness (QED) is 0.944. The summed E-state index contributed by atoms with van der Waals surface area (Å²) in [5.41, 5.74) is 4.01. The summed E-state index contributed by atoms with van der Waals surface area (Å²) in [5.74, 6) is -0.0866. The summed E-state index contributed by atoms with van der Waals surface area (Å²) in [4.78, 5) is 15.3. The highest BCUT2D eigenvalue weighted by Gasteiger charge is 2.17. The molecule has 0 spiro atoms. The van der Waals surface area contributed by atoms with Crippen LogP contribution in [0.2, 0.25) is 0 Å². The van der Waals surface area contributed by atoms with E-state index in [9.17, 15) is 4.79 Å². The number of hydrogen-bond donors (Lipinski definition) is 1. The molecule has 0 aliphatic rings. The Balaban J connectivity index is 2.54. The minimum atomic E-state index is -0.865. The molecule has 0 amide bonds. The molecule has 0 atom stereocenters. The Bertz CT molecular complexity index is 647. The van der Waals surface area contributed by atoms with E-state index in [1.54, 1.807) is 0 Å². The number of halogens is 1. The van der Waals surface area contributed by atoms with Crippen molar-refractivity contribution in [3.63, 3.8) is 0 Å². The molecule has 0 radical (unpaired) electrons. The number of carboxylic acids is 1. The predicted molar refractivity (Wildman–Crippen MR) is 77.2 cm³/mol. The third-order valence-electron chi connectivity index (χ3n) is 3.11. The second-order valence-corrected chi connectivity index (χ2v) is 5.37. The lowest BCUT2D eigenvalue weighted by Crippen LogP contribution is -2.06. The van der Waals surface area contributed by atoms with Crippen molar-refractivity contribution in [2.24, 2.45) is 7.05 Å². The van der Waals surface area contributed by atoms with Gasteiger partial charge < -0.3 is 9.67 Å². The Hall–Kier alpha value is -1.62. The average Bonchev–Trinajstić information content (AvgIpc) is 2.57. The molecule has 0 bridgehead atoms. The smallest absolute Gasteiger partial charge is 0.309 e. The second-order valence-electron chi connectivity index (χ2n) is 4.62. The summed E-state index contributed by atoms with van der Waals surface area (Å²) in [6.45, 7) is 4.07. The topological polar surface area (TPSA) is 55.1 Å². The van der Waals surface area contributed by atoms with Crippen molar-refractivity contribution in [3.8, 4) is 11.4 Å². The normalized spacial score (nSPS) is 10.7. The van der Waals surface area contributed by atoms with E-state index < -0.39 is 5.97 Å². The van der Waals surface area contributed by atoms with Crippen molar-refractivity contribution >= 4 is 21.9 Å². The number of aryl methyl sites for hydroxylation is 2. The van der Waals surface area contributed by atoms with Gasteiger partial charge >= 0.3 is 5.97 Å². The van der Waals surface area contributed by atoms with Gasteiger partial charge in [-0.1, -0.05) is 23.8 Å². The fourth-order valence-corrected chi connectivity index (χ4v) is 2.71. The van der Waals surface area contributed by atoms with Gasteiger partial charge in [0.2, 0.25) is 0 Å². The lowest BCUT2D eigenvalue weighted by molar-refractivity contribution is -0.136. The molecule has 2 aromatic rings. The number of carboxylic acid groups (broad SMARTS) is 1. The molecule has 0 aliphatic carbocycles. The average molecular weight is 323 g/mol. The SMILES string of the molecule is Cc1ccc(-c2nc(Br)c(CC(=O)O)n2C)c(C)c1. The van der Waals surface area contributed by atoms with Gasteiger partial charge in [-0.05, 0) is 35.3 Å². The molecule has 1 heterocycles. The third kappa shape index (κ3) is 2.71. The molecule has 4 nitrogen and oxygen atoms in total. The Morgan fingerprint density at radius 3 is 2.68 bits per heavy atom. The van der Waals surface area contributed by atoms with Crippen molar-refractivity contribution in [1.29, 1.82) is 0 Å². The number of nitrogens with zero attached hydrogens (tertiary/aromatic N) is 2. The van der Waals surface area contributed by atoms with Crippen molar-refractivity contribution in [3.05, 3.63) is 39.6 Å². The highest BCUT2D eigenvalue weighted by Crippen LogP contribution is 2.28. The van der Waals surface area contributed by atoms with E-state index in [4.69, 9.17) is 5.11 Å². The molecule has 0 saturated carbocycles. The van der Waals surface area contributed by atoms with Crippen molar-refractivity contribution in [2.75, 3.05) is 0 Å². The number of hydrogen-bond acceptors (Lipinski definition) is 2. The van der Waals surface area contributed by atoms with Gasteiger partial charge in [0, 0.05) is 12.6 Å². The molecule has 1 aromatic heterocycles. The monoisotopic (exact) mass is 322 g/mol. The zero-order valence-electron chi connectivity index (χ0n) is 11.1. The number of carbonyl (C=O) groups is 1. The molecule has 19 heavy (non-hydrogen) atoms. The summed E-state index contributed by atoms with van der Waals surface area (Å²) in [6.07, 6.45) is -0.0466. The Labute approximate surface area is 120 Å². The minimum Gasteiger partial charge on any atom is -0.481 e. The van der Waals surface area contributed by atoms with Gasteiger partial charge in [-0.2, -0.15) is 0 Å². The second kappa shape index (κ2) is 5.17. The standard InChI is InChI=1S/C14H15BrN2O2/c1-8-4-5-10(9(2)6-8)14-16-13(15)11(17(14)3)7-12(18)19/h4-6H,7H2,1-3H3,(H,18,19). The van der Waals surface area contributed by atoms with Crippen LogP contribution in [0.5, 0.6) is 0 Å². The zero-order valence-corrected chi connectivity index (χ0v) is 12.7. The van der Waals surface area contributed by atoms with Crippen LogP contribution in [0, 0.1) is 13.8 Å². The van der Waals surface area contributed by atoms with Crippen LogP contribution in [0.4, 0.5) is 0 Å². The zero-order chi connectivity index (χ0) is 14.2. The maximum atomic E-state index is 10.9. The molecule has 100 valence electrons. The van der Waals surface area contributed by atoms with Crippen molar-refractivity contribution < 1.29 is 9.90 Å². The van der Waals surface area contributed by atoms with Gasteiger partial charge in [-0.15, -0.1) is 0 Å². The largest absolute Gasteiger partial charge is 0.481 e. The first kappa shape index (κ1) is 13.8. The van der Waals surface area contributed by atoms with Gasteiger partial charge in [0.25, 0.3) is 0 Å². The first-order valence-electron chi connectivity index (χ1n) is 5.90. The molecular weight excluding hydrogens is 308 g/mol. The summed E-state index contributed by atoms with van der Waals surface area (Å²) < 4.78 is 2.42. The fourth-order valence-electron chi connectivity index (χ4n) is 2.14. The third-order valence-corrected chi connectivity index (χ3v) is 3.74.